The Hall–Kier alpha value is -1.39. The van der Waals surface area contributed by atoms with E-state index in [1.165, 1.54) is 4.90 Å². The molecular formula is C11H17NO4. The van der Waals surface area contributed by atoms with Gasteiger partial charge in [0.15, 0.2) is 0 Å². The molecule has 2 amide bonds. The third-order valence-electron chi connectivity index (χ3n) is 2.80. The number of likely N-dealkylation sites (tertiary alicyclic amines) is 1. The average molecular weight is 227 g/mol. The summed E-state index contributed by atoms with van der Waals surface area (Å²) >= 11 is 0. The Kier molecular flexibility index (Phi) is 4.04. The Balaban J connectivity index is 2.60. The topological polar surface area (TPSA) is 74.7 Å². The second-order valence-corrected chi connectivity index (χ2v) is 4.45. The number of amides is 2. The lowest BCUT2D eigenvalue weighted by atomic mass is 9.96. The van der Waals surface area contributed by atoms with Crippen molar-refractivity contribution < 1.29 is 19.5 Å². The van der Waals surface area contributed by atoms with Crippen molar-refractivity contribution >= 4 is 17.8 Å². The van der Waals surface area contributed by atoms with Crippen molar-refractivity contribution in [2.45, 2.75) is 45.6 Å². The predicted molar refractivity (Wildman–Crippen MR) is 56.6 cm³/mol. The number of imide groups is 1. The highest BCUT2D eigenvalue weighted by Crippen LogP contribution is 2.22. The Morgan fingerprint density at radius 1 is 1.44 bits per heavy atom. The zero-order valence-corrected chi connectivity index (χ0v) is 9.60. The summed E-state index contributed by atoms with van der Waals surface area (Å²) in [6.45, 7) is 3.59. The van der Waals surface area contributed by atoms with Crippen molar-refractivity contribution in [1.82, 2.24) is 4.90 Å². The summed E-state index contributed by atoms with van der Waals surface area (Å²) in [7, 11) is 0. The van der Waals surface area contributed by atoms with Gasteiger partial charge in [-0.05, 0) is 19.3 Å². The molecule has 1 unspecified atom stereocenters. The fourth-order valence-electron chi connectivity index (χ4n) is 1.96. The zero-order chi connectivity index (χ0) is 12.3. The van der Waals surface area contributed by atoms with E-state index in [0.717, 1.165) is 0 Å². The first-order chi connectivity index (χ1) is 7.41. The van der Waals surface area contributed by atoms with Crippen LogP contribution in [0.1, 0.15) is 39.5 Å². The van der Waals surface area contributed by atoms with E-state index >= 15 is 0 Å². The standard InChI is InChI=1S/C11H17NO4/c1-7-5-9(13)12(10(14)6-7)8(2)3-4-11(15)16/h7-8H,3-6H2,1-2H3,(H,15,16). The number of carboxylic acids is 1. The van der Waals surface area contributed by atoms with Gasteiger partial charge in [-0.25, -0.2) is 0 Å². The lowest BCUT2D eigenvalue weighted by molar-refractivity contribution is -0.153. The van der Waals surface area contributed by atoms with Crippen molar-refractivity contribution in [3.05, 3.63) is 0 Å². The first-order valence-corrected chi connectivity index (χ1v) is 5.48. The monoisotopic (exact) mass is 227 g/mol. The normalized spacial score (nSPS) is 20.0. The molecule has 5 nitrogen and oxygen atoms in total. The Bertz CT molecular complexity index is 295. The number of nitrogens with zero attached hydrogens (tertiary/aromatic N) is 1. The fourth-order valence-corrected chi connectivity index (χ4v) is 1.96. The molecule has 1 aliphatic rings. The number of aliphatic carboxylic acids is 1. The largest absolute Gasteiger partial charge is 0.481 e. The highest BCUT2D eigenvalue weighted by Gasteiger charge is 2.33. The van der Waals surface area contributed by atoms with Gasteiger partial charge in [0.1, 0.15) is 0 Å². The summed E-state index contributed by atoms with van der Waals surface area (Å²) in [5.74, 6) is -1.16. The van der Waals surface area contributed by atoms with E-state index in [1.54, 1.807) is 6.92 Å². The Labute approximate surface area is 94.4 Å². The Morgan fingerprint density at radius 2 is 1.94 bits per heavy atom. The average Bonchev–Trinajstić information content (AvgIpc) is 2.12. The van der Waals surface area contributed by atoms with Crippen LogP contribution in [0.4, 0.5) is 0 Å². The van der Waals surface area contributed by atoms with E-state index in [2.05, 4.69) is 0 Å². The summed E-state index contributed by atoms with van der Waals surface area (Å²) in [6.07, 6.45) is 1.06. The van der Waals surface area contributed by atoms with Gasteiger partial charge in [-0.2, -0.15) is 0 Å². The molecule has 1 atom stereocenters. The molecular weight excluding hydrogens is 210 g/mol. The van der Waals surface area contributed by atoms with E-state index in [4.69, 9.17) is 5.11 Å². The minimum atomic E-state index is -0.905. The minimum Gasteiger partial charge on any atom is -0.481 e. The molecule has 0 saturated carbocycles. The van der Waals surface area contributed by atoms with Crippen LogP contribution in [0.5, 0.6) is 0 Å². The van der Waals surface area contributed by atoms with E-state index in [9.17, 15) is 14.4 Å². The molecule has 90 valence electrons. The van der Waals surface area contributed by atoms with Crippen LogP contribution in [0.25, 0.3) is 0 Å². The third kappa shape index (κ3) is 3.05. The number of piperidine rings is 1. The number of hydrogen-bond acceptors (Lipinski definition) is 3. The molecule has 16 heavy (non-hydrogen) atoms. The van der Waals surface area contributed by atoms with Gasteiger partial charge in [0.2, 0.25) is 11.8 Å². The van der Waals surface area contributed by atoms with Gasteiger partial charge in [0.25, 0.3) is 0 Å². The van der Waals surface area contributed by atoms with Crippen LogP contribution in [0, 0.1) is 5.92 Å². The maximum Gasteiger partial charge on any atom is 0.303 e. The SMILES string of the molecule is CC1CC(=O)N(C(C)CCC(=O)O)C(=O)C1. The lowest BCUT2D eigenvalue weighted by Gasteiger charge is -2.32. The van der Waals surface area contributed by atoms with Crippen molar-refractivity contribution in [2.24, 2.45) is 5.92 Å². The molecule has 0 bridgehead atoms. The molecule has 1 aliphatic heterocycles. The first-order valence-electron chi connectivity index (χ1n) is 5.48. The predicted octanol–water partition coefficient (Wildman–Crippen LogP) is 1.02. The van der Waals surface area contributed by atoms with Crippen LogP contribution in [0.15, 0.2) is 0 Å². The number of rotatable bonds is 4. The zero-order valence-electron chi connectivity index (χ0n) is 9.60. The summed E-state index contributed by atoms with van der Waals surface area (Å²) in [5.41, 5.74) is 0. The summed E-state index contributed by atoms with van der Waals surface area (Å²) in [6, 6.07) is -0.316. The quantitative estimate of drug-likeness (QED) is 0.728. The first kappa shape index (κ1) is 12.7. The molecule has 0 aliphatic carbocycles. The van der Waals surface area contributed by atoms with Crippen LogP contribution >= 0.6 is 0 Å². The number of hydrogen-bond donors (Lipinski definition) is 1. The van der Waals surface area contributed by atoms with Crippen LogP contribution in [0.2, 0.25) is 0 Å². The number of carbonyl (C=O) groups is 3. The highest BCUT2D eigenvalue weighted by atomic mass is 16.4. The maximum absolute atomic E-state index is 11.7. The molecule has 5 heteroatoms. The van der Waals surface area contributed by atoms with Gasteiger partial charge in [0, 0.05) is 25.3 Å². The Morgan fingerprint density at radius 3 is 2.38 bits per heavy atom. The molecule has 1 rings (SSSR count). The summed E-state index contributed by atoms with van der Waals surface area (Å²) in [5, 5.41) is 8.55. The highest BCUT2D eigenvalue weighted by molar-refractivity contribution is 5.98. The van der Waals surface area contributed by atoms with Crippen molar-refractivity contribution in [3.8, 4) is 0 Å². The van der Waals surface area contributed by atoms with Gasteiger partial charge in [-0.3, -0.25) is 19.3 Å². The molecule has 0 aromatic carbocycles. The maximum atomic E-state index is 11.7. The van der Waals surface area contributed by atoms with E-state index in [-0.39, 0.29) is 30.2 Å². The van der Waals surface area contributed by atoms with Crippen molar-refractivity contribution in [1.29, 1.82) is 0 Å². The number of carbonyl (C=O) groups excluding carboxylic acids is 2. The molecule has 0 aromatic rings. The van der Waals surface area contributed by atoms with Gasteiger partial charge in [0.05, 0.1) is 0 Å². The van der Waals surface area contributed by atoms with Crippen LogP contribution in [-0.2, 0) is 14.4 Å². The second kappa shape index (κ2) is 5.09. The molecule has 1 saturated heterocycles. The molecule has 0 radical (unpaired) electrons. The smallest absolute Gasteiger partial charge is 0.303 e. The molecule has 1 fully saturated rings. The fraction of sp³-hybridized carbons (Fsp3) is 0.727. The van der Waals surface area contributed by atoms with Crippen molar-refractivity contribution in [2.75, 3.05) is 0 Å². The minimum absolute atomic E-state index is 0.0201. The number of carboxylic acid groups (broad SMARTS) is 1. The van der Waals surface area contributed by atoms with Gasteiger partial charge in [-0.1, -0.05) is 6.92 Å². The van der Waals surface area contributed by atoms with Gasteiger partial charge >= 0.3 is 5.97 Å². The second-order valence-electron chi connectivity index (χ2n) is 4.45. The van der Waals surface area contributed by atoms with E-state index in [1.807, 2.05) is 6.92 Å². The van der Waals surface area contributed by atoms with Crippen LogP contribution in [-0.4, -0.2) is 33.8 Å². The lowest BCUT2D eigenvalue weighted by Crippen LogP contribution is -2.47. The van der Waals surface area contributed by atoms with Crippen LogP contribution in [0.3, 0.4) is 0 Å². The molecule has 1 heterocycles. The van der Waals surface area contributed by atoms with Gasteiger partial charge < -0.3 is 5.11 Å². The van der Waals surface area contributed by atoms with E-state index in [0.29, 0.717) is 19.3 Å². The molecule has 1 N–H and O–H groups in total. The summed E-state index contributed by atoms with van der Waals surface area (Å²) in [4.78, 5) is 35.0. The van der Waals surface area contributed by atoms with E-state index < -0.39 is 5.97 Å². The summed E-state index contributed by atoms with van der Waals surface area (Å²) < 4.78 is 0. The third-order valence-corrected chi connectivity index (χ3v) is 2.80. The molecule has 0 aromatic heterocycles. The van der Waals surface area contributed by atoms with Crippen LogP contribution < -0.4 is 0 Å². The van der Waals surface area contributed by atoms with Gasteiger partial charge in [-0.15, -0.1) is 0 Å². The molecule has 0 spiro atoms. The van der Waals surface area contributed by atoms with Crippen molar-refractivity contribution in [3.63, 3.8) is 0 Å².